The average Bonchev–Trinajstić information content (AvgIpc) is 2.75. The number of unbranched alkanes of at least 4 members (excludes halogenated alkanes) is 12. The minimum Gasteiger partial charge on any atom is -0.491 e. The molecular formula is C27H41F3O2. The number of halogens is 3. The van der Waals surface area contributed by atoms with E-state index in [0.717, 1.165) is 38.5 Å². The monoisotopic (exact) mass is 454 g/mol. The van der Waals surface area contributed by atoms with Gasteiger partial charge in [-0.25, -0.2) is 4.39 Å². The first kappa shape index (κ1) is 26.6. The van der Waals surface area contributed by atoms with Crippen LogP contribution in [0.15, 0.2) is 17.9 Å². The molecule has 1 aromatic carbocycles. The minimum atomic E-state index is -3.68. The van der Waals surface area contributed by atoms with Gasteiger partial charge in [-0.1, -0.05) is 97.0 Å². The van der Waals surface area contributed by atoms with Crippen LogP contribution >= 0.6 is 0 Å². The van der Waals surface area contributed by atoms with Crippen LogP contribution in [0.4, 0.5) is 13.2 Å². The van der Waals surface area contributed by atoms with Crippen molar-refractivity contribution in [3.63, 3.8) is 0 Å². The van der Waals surface area contributed by atoms with Gasteiger partial charge in [0.15, 0.2) is 11.6 Å². The zero-order valence-electron chi connectivity index (χ0n) is 20.0. The first-order valence-corrected chi connectivity index (χ1v) is 12.7. The number of benzene rings is 1. The highest BCUT2D eigenvalue weighted by Crippen LogP contribution is 2.44. The molecule has 0 fully saturated rings. The molecule has 32 heavy (non-hydrogen) atoms. The van der Waals surface area contributed by atoms with Crippen molar-refractivity contribution in [3.8, 4) is 5.75 Å². The predicted octanol–water partition coefficient (Wildman–Crippen LogP) is 9.52. The number of rotatable bonds is 17. The van der Waals surface area contributed by atoms with Gasteiger partial charge in [0.2, 0.25) is 0 Å². The lowest BCUT2D eigenvalue weighted by molar-refractivity contribution is -0.228. The third-order valence-electron chi connectivity index (χ3n) is 6.04. The van der Waals surface area contributed by atoms with Gasteiger partial charge in [0, 0.05) is 6.42 Å². The lowest BCUT2D eigenvalue weighted by atomic mass is 10.00. The molecule has 0 spiro atoms. The average molecular weight is 455 g/mol. The largest absolute Gasteiger partial charge is 0.491 e. The van der Waals surface area contributed by atoms with Gasteiger partial charge in [0.1, 0.15) is 11.3 Å². The lowest BCUT2D eigenvalue weighted by Crippen LogP contribution is -2.24. The van der Waals surface area contributed by atoms with Crippen molar-refractivity contribution in [3.05, 3.63) is 34.8 Å². The fourth-order valence-electron chi connectivity index (χ4n) is 4.14. The number of ether oxygens (including phenoxy) is 2. The molecule has 0 aromatic heterocycles. The third kappa shape index (κ3) is 8.71. The zero-order valence-corrected chi connectivity index (χ0v) is 20.0. The molecule has 5 heteroatoms. The van der Waals surface area contributed by atoms with E-state index in [2.05, 4.69) is 13.8 Å². The van der Waals surface area contributed by atoms with Crippen LogP contribution in [0.2, 0.25) is 0 Å². The Bertz CT molecular complexity index is 700. The van der Waals surface area contributed by atoms with E-state index in [1.54, 1.807) is 6.08 Å². The van der Waals surface area contributed by atoms with E-state index in [9.17, 15) is 13.2 Å². The van der Waals surface area contributed by atoms with Gasteiger partial charge in [-0.05, 0) is 30.5 Å². The number of hydrogen-bond donors (Lipinski definition) is 0. The molecule has 0 bridgehead atoms. The van der Waals surface area contributed by atoms with Crippen molar-refractivity contribution in [1.29, 1.82) is 0 Å². The SMILES string of the molecule is CCCCCCCCCCC1=Cc2ccc(OCCCCCCCC)c(F)c2C(F)(F)O1. The van der Waals surface area contributed by atoms with Crippen LogP contribution in [-0.2, 0) is 10.8 Å². The maximum absolute atomic E-state index is 14.8. The van der Waals surface area contributed by atoms with Crippen LogP contribution in [0.1, 0.15) is 121 Å². The molecule has 0 saturated carbocycles. The Morgan fingerprint density at radius 1 is 0.781 bits per heavy atom. The summed E-state index contributed by atoms with van der Waals surface area (Å²) in [5.74, 6) is -0.907. The summed E-state index contributed by atoms with van der Waals surface area (Å²) in [4.78, 5) is 0. The molecule has 0 unspecified atom stereocenters. The van der Waals surface area contributed by atoms with Crippen LogP contribution < -0.4 is 4.74 Å². The Morgan fingerprint density at radius 2 is 1.34 bits per heavy atom. The van der Waals surface area contributed by atoms with Crippen LogP contribution in [0.5, 0.6) is 5.75 Å². The molecule has 1 heterocycles. The first-order chi connectivity index (χ1) is 15.5. The van der Waals surface area contributed by atoms with Crippen molar-refractivity contribution in [2.75, 3.05) is 6.61 Å². The number of fused-ring (bicyclic) bond motifs is 1. The van der Waals surface area contributed by atoms with Crippen molar-refractivity contribution in [2.24, 2.45) is 0 Å². The topological polar surface area (TPSA) is 18.5 Å². The fraction of sp³-hybridized carbons (Fsp3) is 0.704. The number of hydrogen-bond acceptors (Lipinski definition) is 2. The minimum absolute atomic E-state index is 0.125. The summed E-state index contributed by atoms with van der Waals surface area (Å²) in [5, 5.41) is 0. The summed E-state index contributed by atoms with van der Waals surface area (Å²) in [6, 6.07) is 2.97. The highest BCUT2D eigenvalue weighted by Gasteiger charge is 2.43. The molecule has 0 saturated heterocycles. The van der Waals surface area contributed by atoms with E-state index >= 15 is 0 Å². The summed E-state index contributed by atoms with van der Waals surface area (Å²) in [6.45, 7) is 4.69. The molecule has 0 aliphatic carbocycles. The highest BCUT2D eigenvalue weighted by atomic mass is 19.3. The summed E-state index contributed by atoms with van der Waals surface area (Å²) in [7, 11) is 0. The lowest BCUT2D eigenvalue weighted by Gasteiger charge is -2.27. The second kappa shape index (κ2) is 14.5. The van der Waals surface area contributed by atoms with Gasteiger partial charge in [-0.3, -0.25) is 0 Å². The highest BCUT2D eigenvalue weighted by molar-refractivity contribution is 5.60. The summed E-state index contributed by atoms with van der Waals surface area (Å²) < 4.78 is 54.5. The normalized spacial score (nSPS) is 14.6. The Morgan fingerprint density at radius 3 is 1.97 bits per heavy atom. The second-order valence-corrected chi connectivity index (χ2v) is 8.91. The van der Waals surface area contributed by atoms with Crippen LogP contribution in [0, 0.1) is 5.82 Å². The maximum atomic E-state index is 14.8. The Balaban J connectivity index is 1.84. The smallest absolute Gasteiger partial charge is 0.430 e. The molecule has 0 radical (unpaired) electrons. The molecule has 1 aliphatic rings. The molecule has 0 atom stereocenters. The zero-order chi connectivity index (χ0) is 23.2. The quantitative estimate of drug-likeness (QED) is 0.218. The molecule has 0 N–H and O–H groups in total. The van der Waals surface area contributed by atoms with Gasteiger partial charge >= 0.3 is 6.11 Å². The summed E-state index contributed by atoms with van der Waals surface area (Å²) in [5.41, 5.74) is -0.530. The van der Waals surface area contributed by atoms with Gasteiger partial charge < -0.3 is 9.47 Å². The Hall–Kier alpha value is -1.65. The van der Waals surface area contributed by atoms with E-state index in [1.165, 1.54) is 63.5 Å². The van der Waals surface area contributed by atoms with Gasteiger partial charge in [0.05, 0.1) is 6.61 Å². The first-order valence-electron chi connectivity index (χ1n) is 12.7. The van der Waals surface area contributed by atoms with Gasteiger partial charge in [-0.15, -0.1) is 0 Å². The summed E-state index contributed by atoms with van der Waals surface area (Å²) >= 11 is 0. The van der Waals surface area contributed by atoms with Crippen molar-refractivity contribution in [1.82, 2.24) is 0 Å². The fourth-order valence-corrected chi connectivity index (χ4v) is 4.14. The number of alkyl halides is 2. The van der Waals surface area contributed by atoms with E-state index in [1.807, 2.05) is 0 Å². The second-order valence-electron chi connectivity index (χ2n) is 8.91. The van der Waals surface area contributed by atoms with E-state index in [-0.39, 0.29) is 17.1 Å². The van der Waals surface area contributed by atoms with Crippen LogP contribution in [0.25, 0.3) is 6.08 Å². The van der Waals surface area contributed by atoms with E-state index < -0.39 is 17.5 Å². The van der Waals surface area contributed by atoms with Gasteiger partial charge in [0.25, 0.3) is 0 Å². The van der Waals surface area contributed by atoms with Gasteiger partial charge in [-0.2, -0.15) is 8.78 Å². The van der Waals surface area contributed by atoms with Crippen LogP contribution in [-0.4, -0.2) is 6.61 Å². The van der Waals surface area contributed by atoms with E-state index in [0.29, 0.717) is 13.0 Å². The standard InChI is InChI=1S/C27H41F3O2/c1-3-5-7-9-11-12-13-15-17-23-21-22-18-19-24(26(28)25(22)27(29,30)32-23)31-20-16-14-10-8-6-4-2/h18-19,21H,3-17,20H2,1-2H3. The summed E-state index contributed by atoms with van der Waals surface area (Å²) in [6.07, 6.45) is 13.9. The van der Waals surface area contributed by atoms with Crippen molar-refractivity contribution >= 4 is 6.08 Å². The Labute approximate surface area is 192 Å². The number of allylic oxidation sites excluding steroid dienone is 1. The van der Waals surface area contributed by atoms with Crippen LogP contribution in [0.3, 0.4) is 0 Å². The molecule has 2 rings (SSSR count). The van der Waals surface area contributed by atoms with E-state index in [4.69, 9.17) is 9.47 Å². The van der Waals surface area contributed by atoms with Crippen molar-refractivity contribution < 1.29 is 22.6 Å². The predicted molar refractivity (Wildman–Crippen MR) is 125 cm³/mol. The van der Waals surface area contributed by atoms with Crippen molar-refractivity contribution in [2.45, 2.75) is 116 Å². The maximum Gasteiger partial charge on any atom is 0.430 e. The molecule has 1 aromatic rings. The molecule has 2 nitrogen and oxygen atoms in total. The molecule has 0 amide bonds. The molecule has 182 valence electrons. The third-order valence-corrected chi connectivity index (χ3v) is 6.04. The molecule has 1 aliphatic heterocycles. The molecular weight excluding hydrogens is 413 g/mol. The Kier molecular flexibility index (Phi) is 12.0.